The Balaban J connectivity index is 1.98. The smallest absolute Gasteiger partial charge is 0.270 e. The van der Waals surface area contributed by atoms with Gasteiger partial charge in [0.25, 0.3) is 5.91 Å². The molecule has 2 aromatic rings. The maximum atomic E-state index is 11.8. The average molecular weight is 276 g/mol. The van der Waals surface area contributed by atoms with Crippen LogP contribution in [0.4, 0.5) is 0 Å². The predicted molar refractivity (Wildman–Crippen MR) is 72.5 cm³/mol. The molecule has 2 rings (SSSR count). The van der Waals surface area contributed by atoms with Crippen LogP contribution in [-0.4, -0.2) is 21.0 Å². The summed E-state index contributed by atoms with van der Waals surface area (Å²) in [6.07, 6.45) is 1.47. The van der Waals surface area contributed by atoms with Crippen molar-refractivity contribution in [3.05, 3.63) is 47.1 Å². The first-order valence-electron chi connectivity index (χ1n) is 5.52. The van der Waals surface area contributed by atoms with Gasteiger partial charge in [-0.2, -0.15) is 0 Å². The maximum absolute atomic E-state index is 11.8. The monoisotopic (exact) mass is 276 g/mol. The first-order chi connectivity index (χ1) is 9.06. The van der Waals surface area contributed by atoms with Gasteiger partial charge in [0.15, 0.2) is 5.76 Å². The van der Waals surface area contributed by atoms with Gasteiger partial charge in [-0.15, -0.1) is 0 Å². The summed E-state index contributed by atoms with van der Waals surface area (Å²) in [6, 6.07) is 4.97. The van der Waals surface area contributed by atoms with Crippen molar-refractivity contribution in [2.24, 2.45) is 5.73 Å². The first kappa shape index (κ1) is 13.2. The largest absolute Gasteiger partial charge is 0.389 e. The molecule has 0 aliphatic carbocycles. The Bertz CT molecular complexity index is 606. The zero-order chi connectivity index (χ0) is 13.8. The third-order valence-corrected chi connectivity index (χ3v) is 2.62. The molecule has 0 aromatic carbocycles. The van der Waals surface area contributed by atoms with Gasteiger partial charge in [-0.1, -0.05) is 17.4 Å². The molecular weight excluding hydrogens is 264 g/mol. The predicted octanol–water partition coefficient (Wildman–Crippen LogP) is 0.942. The molecule has 0 fully saturated rings. The summed E-state index contributed by atoms with van der Waals surface area (Å²) in [4.78, 5) is 16.0. The fraction of sp³-hybridized carbons (Fsp3) is 0.167. The van der Waals surface area contributed by atoms with E-state index in [1.165, 1.54) is 6.20 Å². The van der Waals surface area contributed by atoms with Crippen LogP contribution in [0.15, 0.2) is 28.9 Å². The summed E-state index contributed by atoms with van der Waals surface area (Å²) in [5, 5.41) is 6.41. The van der Waals surface area contributed by atoms with Crippen molar-refractivity contribution in [2.45, 2.75) is 13.5 Å². The van der Waals surface area contributed by atoms with E-state index in [0.717, 1.165) is 5.69 Å². The van der Waals surface area contributed by atoms with Gasteiger partial charge in [0, 0.05) is 17.8 Å². The molecule has 0 atom stereocenters. The third-order valence-electron chi connectivity index (χ3n) is 2.38. The molecular formula is C12H12N4O2S. The Kier molecular flexibility index (Phi) is 3.86. The number of thiocarbonyl (C=S) groups is 1. The summed E-state index contributed by atoms with van der Waals surface area (Å²) in [5.74, 6) is 0.286. The van der Waals surface area contributed by atoms with E-state index in [4.69, 9.17) is 22.5 Å². The molecule has 0 aliphatic rings. The number of amides is 1. The highest BCUT2D eigenvalue weighted by Gasteiger charge is 2.09. The summed E-state index contributed by atoms with van der Waals surface area (Å²) in [6.45, 7) is 2.07. The lowest BCUT2D eigenvalue weighted by Gasteiger charge is -2.03. The molecule has 19 heavy (non-hydrogen) atoms. The standard InChI is InChI=1S/C12H12N4O2S/c1-7-4-9(18-16-7)6-15-12(17)10-3-2-8(5-14-10)11(13)19/h2-5H,6H2,1H3,(H2,13,19)(H,15,17). The molecule has 7 heteroatoms. The van der Waals surface area contributed by atoms with Crippen LogP contribution in [0.3, 0.4) is 0 Å². The second-order valence-electron chi connectivity index (χ2n) is 3.91. The summed E-state index contributed by atoms with van der Waals surface area (Å²) in [7, 11) is 0. The lowest BCUT2D eigenvalue weighted by atomic mass is 10.2. The van der Waals surface area contributed by atoms with Crippen molar-refractivity contribution in [1.82, 2.24) is 15.5 Å². The van der Waals surface area contributed by atoms with E-state index < -0.39 is 0 Å². The van der Waals surface area contributed by atoms with Gasteiger partial charge in [-0.3, -0.25) is 9.78 Å². The first-order valence-corrected chi connectivity index (χ1v) is 5.93. The lowest BCUT2D eigenvalue weighted by molar-refractivity contribution is 0.0942. The Morgan fingerprint density at radius 2 is 2.32 bits per heavy atom. The number of carbonyl (C=O) groups is 1. The molecule has 0 unspecified atom stereocenters. The molecule has 0 bridgehead atoms. The average Bonchev–Trinajstić information content (AvgIpc) is 2.82. The van der Waals surface area contributed by atoms with Gasteiger partial charge in [-0.05, 0) is 19.1 Å². The number of hydrogen-bond donors (Lipinski definition) is 2. The number of hydrogen-bond acceptors (Lipinski definition) is 5. The van der Waals surface area contributed by atoms with Gasteiger partial charge in [-0.25, -0.2) is 0 Å². The fourth-order valence-corrected chi connectivity index (χ4v) is 1.55. The minimum absolute atomic E-state index is 0.247. The Hall–Kier alpha value is -2.28. The van der Waals surface area contributed by atoms with E-state index in [0.29, 0.717) is 11.3 Å². The van der Waals surface area contributed by atoms with Crippen LogP contribution in [0.25, 0.3) is 0 Å². The molecule has 0 spiro atoms. The zero-order valence-electron chi connectivity index (χ0n) is 10.2. The number of aryl methyl sites for hydroxylation is 1. The SMILES string of the molecule is Cc1cc(CNC(=O)c2ccc(C(N)=S)cn2)on1. The van der Waals surface area contributed by atoms with Gasteiger partial charge < -0.3 is 15.6 Å². The van der Waals surface area contributed by atoms with E-state index in [1.807, 2.05) is 6.92 Å². The molecule has 0 saturated carbocycles. The third kappa shape index (κ3) is 3.35. The second kappa shape index (κ2) is 5.57. The fourth-order valence-electron chi connectivity index (χ4n) is 1.43. The Labute approximate surface area is 115 Å². The van der Waals surface area contributed by atoms with Crippen molar-refractivity contribution in [1.29, 1.82) is 0 Å². The molecule has 3 N–H and O–H groups in total. The molecule has 2 heterocycles. The highest BCUT2D eigenvalue weighted by atomic mass is 32.1. The van der Waals surface area contributed by atoms with Crippen LogP contribution < -0.4 is 11.1 Å². The van der Waals surface area contributed by atoms with Crippen LogP contribution in [-0.2, 0) is 6.54 Å². The van der Waals surface area contributed by atoms with Gasteiger partial charge >= 0.3 is 0 Å². The Morgan fingerprint density at radius 1 is 1.53 bits per heavy atom. The van der Waals surface area contributed by atoms with Gasteiger partial charge in [0.1, 0.15) is 10.7 Å². The summed E-state index contributed by atoms with van der Waals surface area (Å²) >= 11 is 4.81. The van der Waals surface area contributed by atoms with Crippen LogP contribution in [0.2, 0.25) is 0 Å². The zero-order valence-corrected chi connectivity index (χ0v) is 11.0. The quantitative estimate of drug-likeness (QED) is 0.807. The van der Waals surface area contributed by atoms with Gasteiger partial charge in [0.05, 0.1) is 12.2 Å². The number of pyridine rings is 1. The molecule has 98 valence electrons. The molecule has 2 aromatic heterocycles. The second-order valence-corrected chi connectivity index (χ2v) is 4.35. The molecule has 0 radical (unpaired) electrons. The molecule has 1 amide bonds. The molecule has 6 nitrogen and oxygen atoms in total. The maximum Gasteiger partial charge on any atom is 0.270 e. The van der Waals surface area contributed by atoms with Crippen LogP contribution in [0.1, 0.15) is 27.5 Å². The van der Waals surface area contributed by atoms with Crippen LogP contribution in [0.5, 0.6) is 0 Å². The lowest BCUT2D eigenvalue weighted by Crippen LogP contribution is -2.23. The van der Waals surface area contributed by atoms with Crippen molar-refractivity contribution < 1.29 is 9.32 Å². The normalized spacial score (nSPS) is 10.2. The minimum Gasteiger partial charge on any atom is -0.389 e. The summed E-state index contributed by atoms with van der Waals surface area (Å²) < 4.78 is 4.98. The van der Waals surface area contributed by atoms with Crippen LogP contribution in [0, 0.1) is 6.92 Å². The number of nitrogens with one attached hydrogen (secondary N) is 1. The highest BCUT2D eigenvalue weighted by molar-refractivity contribution is 7.80. The number of nitrogens with zero attached hydrogens (tertiary/aromatic N) is 2. The van der Waals surface area contributed by atoms with Crippen molar-refractivity contribution in [3.8, 4) is 0 Å². The van der Waals surface area contributed by atoms with Gasteiger partial charge in [0.2, 0.25) is 0 Å². The molecule has 0 aliphatic heterocycles. The van der Waals surface area contributed by atoms with E-state index in [2.05, 4.69) is 15.5 Å². The van der Waals surface area contributed by atoms with E-state index in [9.17, 15) is 4.79 Å². The highest BCUT2D eigenvalue weighted by Crippen LogP contribution is 2.03. The molecule has 0 saturated heterocycles. The summed E-state index contributed by atoms with van der Waals surface area (Å²) in [5.41, 5.74) is 7.13. The van der Waals surface area contributed by atoms with Crippen molar-refractivity contribution in [3.63, 3.8) is 0 Å². The van der Waals surface area contributed by atoms with E-state index in [1.54, 1.807) is 18.2 Å². The topological polar surface area (TPSA) is 94.0 Å². The van der Waals surface area contributed by atoms with E-state index in [-0.39, 0.29) is 23.1 Å². The van der Waals surface area contributed by atoms with Crippen molar-refractivity contribution >= 4 is 23.1 Å². The van der Waals surface area contributed by atoms with E-state index >= 15 is 0 Å². The van der Waals surface area contributed by atoms with Crippen LogP contribution >= 0.6 is 12.2 Å². The number of aromatic nitrogens is 2. The Morgan fingerprint density at radius 3 is 2.84 bits per heavy atom. The minimum atomic E-state index is -0.302. The number of nitrogens with two attached hydrogens (primary N) is 1. The van der Waals surface area contributed by atoms with Crippen molar-refractivity contribution in [2.75, 3.05) is 0 Å². The number of carbonyl (C=O) groups excluding carboxylic acids is 1. The number of rotatable bonds is 4.